The molecule has 1 saturated heterocycles. The Hall–Kier alpha value is -1.48. The largest absolute Gasteiger partial charge is 0.394 e. The van der Waals surface area contributed by atoms with Gasteiger partial charge >= 0.3 is 0 Å². The molecule has 0 radical (unpaired) electrons. The molecule has 1 amide bonds. The Morgan fingerprint density at radius 2 is 1.96 bits per heavy atom. The molecule has 140 valence electrons. The molecule has 1 aliphatic heterocycles. The van der Waals surface area contributed by atoms with E-state index in [1.54, 1.807) is 24.3 Å². The summed E-state index contributed by atoms with van der Waals surface area (Å²) in [5.74, 6) is -0.108. The van der Waals surface area contributed by atoms with Gasteiger partial charge < -0.3 is 15.2 Å². The van der Waals surface area contributed by atoms with Gasteiger partial charge in [-0.25, -0.2) is 13.1 Å². The number of benzene rings is 1. The van der Waals surface area contributed by atoms with E-state index in [0.717, 1.165) is 5.56 Å². The van der Waals surface area contributed by atoms with Gasteiger partial charge in [0.25, 0.3) is 0 Å². The molecule has 2 rings (SSSR count). The first kappa shape index (κ1) is 19.8. The normalized spacial score (nSPS) is 24.0. The predicted octanol–water partition coefficient (Wildman–Crippen LogP) is 0.708. The summed E-state index contributed by atoms with van der Waals surface area (Å²) in [4.78, 5) is 11.8. The molecule has 25 heavy (non-hydrogen) atoms. The van der Waals surface area contributed by atoms with E-state index in [1.165, 1.54) is 0 Å². The van der Waals surface area contributed by atoms with Crippen LogP contribution in [0.5, 0.6) is 0 Å². The minimum atomic E-state index is -3.69. The molecule has 8 heteroatoms. The molecule has 1 aromatic carbocycles. The van der Waals surface area contributed by atoms with Gasteiger partial charge in [0.2, 0.25) is 15.9 Å². The second kappa shape index (κ2) is 8.75. The van der Waals surface area contributed by atoms with Crippen LogP contribution >= 0.6 is 0 Å². The van der Waals surface area contributed by atoms with Crippen molar-refractivity contribution in [1.29, 1.82) is 0 Å². The average molecular weight is 370 g/mol. The van der Waals surface area contributed by atoms with Crippen LogP contribution in [-0.2, 0) is 19.6 Å². The molecule has 0 bridgehead atoms. The summed E-state index contributed by atoms with van der Waals surface area (Å²) in [5, 5.41) is 12.3. The third kappa shape index (κ3) is 5.50. The number of amides is 1. The lowest BCUT2D eigenvalue weighted by molar-refractivity contribution is -0.130. The van der Waals surface area contributed by atoms with E-state index in [0.29, 0.717) is 19.4 Å². The van der Waals surface area contributed by atoms with Crippen LogP contribution in [0.2, 0.25) is 0 Å². The monoisotopic (exact) mass is 370 g/mol. The lowest BCUT2D eigenvalue weighted by Gasteiger charge is -2.35. The van der Waals surface area contributed by atoms with Gasteiger partial charge in [-0.2, -0.15) is 0 Å². The van der Waals surface area contributed by atoms with Crippen LogP contribution in [0.25, 0.3) is 0 Å². The summed E-state index contributed by atoms with van der Waals surface area (Å²) in [6.45, 7) is 3.96. The minimum Gasteiger partial charge on any atom is -0.394 e. The molecule has 1 fully saturated rings. The summed E-state index contributed by atoms with van der Waals surface area (Å²) in [6.07, 6.45) is 0.272. The number of carbonyl (C=O) groups excluding carboxylic acids is 1. The fraction of sp³-hybridized carbons (Fsp3) is 0.588. The Morgan fingerprint density at radius 3 is 2.56 bits per heavy atom. The zero-order valence-corrected chi connectivity index (χ0v) is 15.4. The summed E-state index contributed by atoms with van der Waals surface area (Å²) in [5.41, 5.74) is 0.974. The number of aliphatic hydroxyl groups excluding tert-OH is 1. The second-order valence-electron chi connectivity index (χ2n) is 6.25. The van der Waals surface area contributed by atoms with Crippen molar-refractivity contribution in [3.8, 4) is 0 Å². The SMILES string of the molecule is CCNC(=O)C[C@H]1CC[C@H](NS(=O)(=O)c2ccc(C)cc2)[C@@H](CO)O1. The quantitative estimate of drug-likeness (QED) is 0.656. The third-order valence-corrected chi connectivity index (χ3v) is 5.73. The maximum absolute atomic E-state index is 12.5. The predicted molar refractivity (Wildman–Crippen MR) is 93.6 cm³/mol. The van der Waals surface area contributed by atoms with Crippen molar-refractivity contribution in [3.63, 3.8) is 0 Å². The summed E-state index contributed by atoms with van der Waals surface area (Å²) in [6, 6.07) is 6.04. The van der Waals surface area contributed by atoms with Gasteiger partial charge in [-0.1, -0.05) is 17.7 Å². The molecule has 0 spiro atoms. The summed E-state index contributed by atoms with van der Waals surface area (Å²) >= 11 is 0. The number of aryl methyl sites for hydroxylation is 1. The van der Waals surface area contributed by atoms with Gasteiger partial charge in [-0.15, -0.1) is 0 Å². The van der Waals surface area contributed by atoms with Gasteiger partial charge in [-0.3, -0.25) is 4.79 Å². The van der Waals surface area contributed by atoms with E-state index in [9.17, 15) is 18.3 Å². The van der Waals surface area contributed by atoms with E-state index in [1.807, 2.05) is 13.8 Å². The van der Waals surface area contributed by atoms with Crippen LogP contribution in [-0.4, -0.2) is 50.8 Å². The average Bonchev–Trinajstić information content (AvgIpc) is 2.56. The molecule has 0 unspecified atom stereocenters. The lowest BCUT2D eigenvalue weighted by Crippen LogP contribution is -2.51. The van der Waals surface area contributed by atoms with Crippen LogP contribution < -0.4 is 10.0 Å². The number of carbonyl (C=O) groups is 1. The number of rotatable bonds is 7. The lowest BCUT2D eigenvalue weighted by atomic mass is 9.98. The van der Waals surface area contributed by atoms with Crippen molar-refractivity contribution >= 4 is 15.9 Å². The van der Waals surface area contributed by atoms with Gasteiger partial charge in [0.1, 0.15) is 0 Å². The molecular formula is C17H26N2O5S. The zero-order valence-electron chi connectivity index (χ0n) is 14.6. The van der Waals surface area contributed by atoms with Crippen molar-refractivity contribution in [1.82, 2.24) is 10.0 Å². The first-order valence-corrected chi connectivity index (χ1v) is 9.96. The summed E-state index contributed by atoms with van der Waals surface area (Å²) in [7, 11) is -3.69. The highest BCUT2D eigenvalue weighted by atomic mass is 32.2. The fourth-order valence-corrected chi connectivity index (χ4v) is 4.18. The number of hydrogen-bond acceptors (Lipinski definition) is 5. The van der Waals surface area contributed by atoms with Gasteiger partial charge in [0, 0.05) is 6.54 Å². The maximum atomic E-state index is 12.5. The van der Waals surface area contributed by atoms with Crippen molar-refractivity contribution in [2.75, 3.05) is 13.2 Å². The minimum absolute atomic E-state index is 0.108. The Bertz CT molecular complexity index is 675. The van der Waals surface area contributed by atoms with E-state index < -0.39 is 22.2 Å². The maximum Gasteiger partial charge on any atom is 0.240 e. The number of hydrogen-bond donors (Lipinski definition) is 3. The van der Waals surface area contributed by atoms with E-state index in [4.69, 9.17) is 4.74 Å². The van der Waals surface area contributed by atoms with Crippen molar-refractivity contribution in [2.45, 2.75) is 56.3 Å². The van der Waals surface area contributed by atoms with Crippen LogP contribution in [0, 0.1) is 6.92 Å². The van der Waals surface area contributed by atoms with Gasteiger partial charge in [0.15, 0.2) is 0 Å². The number of aliphatic hydroxyl groups is 1. The number of nitrogens with one attached hydrogen (secondary N) is 2. The first-order chi connectivity index (χ1) is 11.9. The number of ether oxygens (including phenoxy) is 1. The fourth-order valence-electron chi connectivity index (χ4n) is 2.88. The molecule has 1 aromatic rings. The highest BCUT2D eigenvalue weighted by Crippen LogP contribution is 2.23. The van der Waals surface area contributed by atoms with E-state index in [-0.39, 0.29) is 29.9 Å². The molecule has 7 nitrogen and oxygen atoms in total. The molecule has 0 aliphatic carbocycles. The molecule has 1 aliphatic rings. The van der Waals surface area contributed by atoms with Crippen molar-refractivity contribution in [2.24, 2.45) is 0 Å². The van der Waals surface area contributed by atoms with Crippen molar-refractivity contribution < 1.29 is 23.1 Å². The molecule has 0 aromatic heterocycles. The highest BCUT2D eigenvalue weighted by molar-refractivity contribution is 7.89. The Balaban J connectivity index is 2.00. The smallest absolute Gasteiger partial charge is 0.240 e. The third-order valence-electron chi connectivity index (χ3n) is 4.22. The Kier molecular flexibility index (Phi) is 6.95. The van der Waals surface area contributed by atoms with Gasteiger partial charge in [-0.05, 0) is 38.8 Å². The highest BCUT2D eigenvalue weighted by Gasteiger charge is 2.34. The second-order valence-corrected chi connectivity index (χ2v) is 7.97. The van der Waals surface area contributed by atoms with Crippen molar-refractivity contribution in [3.05, 3.63) is 29.8 Å². The Labute approximate surface area is 148 Å². The number of sulfonamides is 1. The topological polar surface area (TPSA) is 105 Å². The first-order valence-electron chi connectivity index (χ1n) is 8.47. The van der Waals surface area contributed by atoms with Crippen LogP contribution in [0.1, 0.15) is 31.7 Å². The molecule has 0 saturated carbocycles. The Morgan fingerprint density at radius 1 is 1.28 bits per heavy atom. The molecular weight excluding hydrogens is 344 g/mol. The molecule has 1 heterocycles. The summed E-state index contributed by atoms with van der Waals surface area (Å²) < 4.78 is 33.4. The zero-order chi connectivity index (χ0) is 18.4. The van der Waals surface area contributed by atoms with Crippen LogP contribution in [0.4, 0.5) is 0 Å². The van der Waals surface area contributed by atoms with Crippen LogP contribution in [0.3, 0.4) is 0 Å². The van der Waals surface area contributed by atoms with E-state index in [2.05, 4.69) is 10.0 Å². The van der Waals surface area contributed by atoms with Crippen LogP contribution in [0.15, 0.2) is 29.2 Å². The molecule has 3 atom stereocenters. The van der Waals surface area contributed by atoms with Gasteiger partial charge in [0.05, 0.1) is 36.2 Å². The van der Waals surface area contributed by atoms with E-state index >= 15 is 0 Å². The molecule has 3 N–H and O–H groups in total. The standard InChI is InChI=1S/C17H26N2O5S/c1-3-18-17(21)10-13-6-9-15(16(11-20)24-13)19-25(22,23)14-7-4-12(2)5-8-14/h4-5,7-8,13,15-16,19-20H,3,6,9-11H2,1-2H3,(H,18,21)/t13-,15+,16-/m1/s1.